The smallest absolute Gasteiger partial charge is 0.410 e. The van der Waals surface area contributed by atoms with Crippen molar-refractivity contribution in [3.05, 3.63) is 35.9 Å². The molecule has 5 nitrogen and oxygen atoms in total. The monoisotopic (exact) mass is 278 g/mol. The molecule has 0 aromatic heterocycles. The molecule has 0 aliphatic carbocycles. The van der Waals surface area contributed by atoms with Crippen molar-refractivity contribution in [2.45, 2.75) is 25.5 Å². The van der Waals surface area contributed by atoms with Gasteiger partial charge in [0.05, 0.1) is 19.3 Å². The highest BCUT2D eigenvalue weighted by atomic mass is 16.6. The topological polar surface area (TPSA) is 64.8 Å². The summed E-state index contributed by atoms with van der Waals surface area (Å²) in [7, 11) is 0. The number of amides is 1. The molecule has 1 aromatic carbocycles. The van der Waals surface area contributed by atoms with Crippen LogP contribution in [0, 0.1) is 0 Å². The predicted molar refractivity (Wildman–Crippen MR) is 76.2 cm³/mol. The second-order valence-electron chi connectivity index (χ2n) is 4.89. The number of likely N-dealkylation sites (tertiary alicyclic amines) is 1. The van der Waals surface area contributed by atoms with Crippen LogP contribution in [0.3, 0.4) is 0 Å². The number of hydrogen-bond acceptors (Lipinski definition) is 4. The van der Waals surface area contributed by atoms with Crippen LogP contribution in [0.4, 0.5) is 4.79 Å². The fraction of sp³-hybridized carbons (Fsp3) is 0.533. The van der Waals surface area contributed by atoms with Gasteiger partial charge in [0, 0.05) is 13.1 Å². The highest BCUT2D eigenvalue weighted by Crippen LogP contribution is 2.19. The Balaban J connectivity index is 1.78. The lowest BCUT2D eigenvalue weighted by Gasteiger charge is -2.23. The van der Waals surface area contributed by atoms with E-state index in [1.165, 1.54) is 0 Å². The van der Waals surface area contributed by atoms with Gasteiger partial charge < -0.3 is 20.1 Å². The van der Waals surface area contributed by atoms with E-state index in [2.05, 4.69) is 0 Å². The minimum atomic E-state index is -0.257. The second kappa shape index (κ2) is 7.87. The molecule has 0 unspecified atom stereocenters. The largest absolute Gasteiger partial charge is 0.445 e. The van der Waals surface area contributed by atoms with Crippen molar-refractivity contribution in [2.24, 2.45) is 5.73 Å². The molecule has 0 bridgehead atoms. The number of nitrogens with zero attached hydrogens (tertiary/aromatic N) is 1. The van der Waals surface area contributed by atoms with Crippen LogP contribution in [-0.2, 0) is 16.1 Å². The van der Waals surface area contributed by atoms with E-state index in [0.29, 0.717) is 26.4 Å². The molecule has 2 N–H and O–H groups in total. The van der Waals surface area contributed by atoms with E-state index in [0.717, 1.165) is 24.9 Å². The van der Waals surface area contributed by atoms with Crippen molar-refractivity contribution < 1.29 is 14.3 Å². The molecule has 1 heterocycles. The lowest BCUT2D eigenvalue weighted by molar-refractivity contribution is 0.0573. The molecule has 110 valence electrons. The van der Waals surface area contributed by atoms with Crippen molar-refractivity contribution in [1.82, 2.24) is 4.90 Å². The van der Waals surface area contributed by atoms with Gasteiger partial charge in [-0.25, -0.2) is 4.79 Å². The molecule has 1 fully saturated rings. The lowest BCUT2D eigenvalue weighted by Crippen LogP contribution is -2.38. The van der Waals surface area contributed by atoms with E-state index in [1.54, 1.807) is 4.90 Å². The summed E-state index contributed by atoms with van der Waals surface area (Å²) in [5.41, 5.74) is 6.39. The number of benzene rings is 1. The normalized spacial score (nSPS) is 18.2. The van der Waals surface area contributed by atoms with Gasteiger partial charge in [0.1, 0.15) is 6.61 Å². The molecule has 0 spiro atoms. The Bertz CT molecular complexity index is 411. The number of nitrogens with two attached hydrogens (primary N) is 1. The first-order valence-electron chi connectivity index (χ1n) is 7.06. The Hall–Kier alpha value is -1.59. The Kier molecular flexibility index (Phi) is 5.83. The van der Waals surface area contributed by atoms with E-state index in [1.807, 2.05) is 30.3 Å². The van der Waals surface area contributed by atoms with Crippen molar-refractivity contribution >= 4 is 6.09 Å². The summed E-state index contributed by atoms with van der Waals surface area (Å²) in [6, 6.07) is 9.81. The maximum Gasteiger partial charge on any atom is 0.410 e. The van der Waals surface area contributed by atoms with Gasteiger partial charge in [0.25, 0.3) is 0 Å². The molecule has 1 atom stereocenters. The first-order chi connectivity index (χ1) is 9.81. The van der Waals surface area contributed by atoms with Crippen molar-refractivity contribution in [3.63, 3.8) is 0 Å². The summed E-state index contributed by atoms with van der Waals surface area (Å²) in [4.78, 5) is 13.8. The van der Waals surface area contributed by atoms with Crippen LogP contribution < -0.4 is 5.73 Å². The molecule has 20 heavy (non-hydrogen) atoms. The summed E-state index contributed by atoms with van der Waals surface area (Å²) in [6.07, 6.45) is 1.70. The minimum Gasteiger partial charge on any atom is -0.445 e. The van der Waals surface area contributed by atoms with Gasteiger partial charge in [0.2, 0.25) is 0 Å². The van der Waals surface area contributed by atoms with Crippen molar-refractivity contribution in [1.29, 1.82) is 0 Å². The molecular weight excluding hydrogens is 256 g/mol. The van der Waals surface area contributed by atoms with Gasteiger partial charge >= 0.3 is 6.09 Å². The van der Waals surface area contributed by atoms with Gasteiger partial charge in [-0.1, -0.05) is 30.3 Å². The Morgan fingerprint density at radius 1 is 1.35 bits per heavy atom. The van der Waals surface area contributed by atoms with Gasteiger partial charge in [0.15, 0.2) is 0 Å². The summed E-state index contributed by atoms with van der Waals surface area (Å²) in [5, 5.41) is 0. The zero-order valence-corrected chi connectivity index (χ0v) is 11.7. The van der Waals surface area contributed by atoms with Gasteiger partial charge in [-0.3, -0.25) is 0 Å². The molecule has 1 aliphatic heterocycles. The van der Waals surface area contributed by atoms with Crippen LogP contribution in [0.1, 0.15) is 18.4 Å². The fourth-order valence-electron chi connectivity index (χ4n) is 2.35. The van der Waals surface area contributed by atoms with Crippen molar-refractivity contribution in [3.8, 4) is 0 Å². The van der Waals surface area contributed by atoms with E-state index < -0.39 is 0 Å². The fourth-order valence-corrected chi connectivity index (χ4v) is 2.35. The number of carbonyl (C=O) groups is 1. The third-order valence-electron chi connectivity index (χ3n) is 3.39. The molecule has 5 heteroatoms. The van der Waals surface area contributed by atoms with E-state index in [-0.39, 0.29) is 12.1 Å². The molecule has 2 rings (SSSR count). The average Bonchev–Trinajstić information content (AvgIpc) is 2.95. The van der Waals surface area contributed by atoms with Crippen LogP contribution in [0.2, 0.25) is 0 Å². The summed E-state index contributed by atoms with van der Waals surface area (Å²) < 4.78 is 10.8. The standard InChI is InChI=1S/C15H22N2O3/c16-8-10-19-12-14-7-4-9-17(14)15(18)20-11-13-5-2-1-3-6-13/h1-3,5-6,14H,4,7-12,16H2/t14-/m0/s1. The predicted octanol–water partition coefficient (Wildman–Crippen LogP) is 1.76. The minimum absolute atomic E-state index is 0.116. The van der Waals surface area contributed by atoms with Gasteiger partial charge in [-0.2, -0.15) is 0 Å². The quantitative estimate of drug-likeness (QED) is 0.805. The molecule has 0 saturated carbocycles. The first kappa shape index (κ1) is 14.8. The molecule has 1 aromatic rings. The third-order valence-corrected chi connectivity index (χ3v) is 3.39. The maximum atomic E-state index is 12.1. The van der Waals surface area contributed by atoms with Crippen LogP contribution in [-0.4, -0.2) is 43.3 Å². The molecular formula is C15H22N2O3. The Morgan fingerprint density at radius 2 is 2.15 bits per heavy atom. The van der Waals surface area contributed by atoms with Crippen molar-refractivity contribution in [2.75, 3.05) is 26.3 Å². The average molecular weight is 278 g/mol. The molecule has 1 aliphatic rings. The number of carbonyl (C=O) groups excluding carboxylic acids is 1. The summed E-state index contributed by atoms with van der Waals surface area (Å²) >= 11 is 0. The maximum absolute atomic E-state index is 12.1. The summed E-state index contributed by atoms with van der Waals surface area (Å²) in [6.45, 7) is 2.63. The SMILES string of the molecule is NCCOC[C@@H]1CCCN1C(=O)OCc1ccccc1. The van der Waals surface area contributed by atoms with Crippen LogP contribution in [0.25, 0.3) is 0 Å². The van der Waals surface area contributed by atoms with Gasteiger partial charge in [-0.05, 0) is 18.4 Å². The Labute approximate surface area is 119 Å². The van der Waals surface area contributed by atoms with E-state index >= 15 is 0 Å². The number of ether oxygens (including phenoxy) is 2. The Morgan fingerprint density at radius 3 is 2.90 bits per heavy atom. The molecule has 1 saturated heterocycles. The zero-order chi connectivity index (χ0) is 14.2. The lowest BCUT2D eigenvalue weighted by atomic mass is 10.2. The van der Waals surface area contributed by atoms with E-state index in [4.69, 9.17) is 15.2 Å². The molecule has 1 amide bonds. The number of hydrogen-bond donors (Lipinski definition) is 1. The van der Waals surface area contributed by atoms with E-state index in [9.17, 15) is 4.79 Å². The van der Waals surface area contributed by atoms with Gasteiger partial charge in [-0.15, -0.1) is 0 Å². The summed E-state index contributed by atoms with van der Waals surface area (Å²) in [5.74, 6) is 0. The third kappa shape index (κ3) is 4.21. The van der Waals surface area contributed by atoms with Crippen LogP contribution >= 0.6 is 0 Å². The zero-order valence-electron chi connectivity index (χ0n) is 11.7. The van der Waals surface area contributed by atoms with Crippen LogP contribution in [0.15, 0.2) is 30.3 Å². The highest BCUT2D eigenvalue weighted by Gasteiger charge is 2.29. The first-order valence-corrected chi connectivity index (χ1v) is 7.06. The molecule has 0 radical (unpaired) electrons. The number of rotatable bonds is 6. The highest BCUT2D eigenvalue weighted by molar-refractivity contribution is 5.68. The second-order valence-corrected chi connectivity index (χ2v) is 4.89. The van der Waals surface area contributed by atoms with Crippen LogP contribution in [0.5, 0.6) is 0 Å².